The van der Waals surface area contributed by atoms with Crippen LogP contribution < -0.4 is 10.1 Å². The molecule has 0 saturated carbocycles. The Bertz CT molecular complexity index is 630. The lowest BCUT2D eigenvalue weighted by molar-refractivity contribution is 0.406. The molecule has 1 N–H and O–H groups in total. The third kappa shape index (κ3) is 4.05. The highest BCUT2D eigenvalue weighted by molar-refractivity contribution is 9.10. The molecule has 21 heavy (non-hydrogen) atoms. The molecule has 0 aliphatic heterocycles. The predicted octanol–water partition coefficient (Wildman–Crippen LogP) is 4.76. The Labute approximate surface area is 133 Å². The SMILES string of the molecule is COc1ccc(Br)cc1CNC(C)c1ccc(C)c(F)c1. The van der Waals surface area contributed by atoms with Crippen molar-refractivity contribution in [1.29, 1.82) is 0 Å². The van der Waals surface area contributed by atoms with Gasteiger partial charge in [0.25, 0.3) is 0 Å². The van der Waals surface area contributed by atoms with Gasteiger partial charge in [0, 0.05) is 22.6 Å². The van der Waals surface area contributed by atoms with Crippen LogP contribution in [0.25, 0.3) is 0 Å². The van der Waals surface area contributed by atoms with E-state index in [0.29, 0.717) is 12.1 Å². The Morgan fingerprint density at radius 1 is 1.24 bits per heavy atom. The molecule has 0 aliphatic rings. The van der Waals surface area contributed by atoms with Crippen LogP contribution in [0, 0.1) is 12.7 Å². The predicted molar refractivity (Wildman–Crippen MR) is 87.1 cm³/mol. The van der Waals surface area contributed by atoms with Gasteiger partial charge in [-0.15, -0.1) is 0 Å². The molecule has 0 fully saturated rings. The van der Waals surface area contributed by atoms with E-state index in [-0.39, 0.29) is 11.9 Å². The van der Waals surface area contributed by atoms with Crippen molar-refractivity contribution >= 4 is 15.9 Å². The van der Waals surface area contributed by atoms with Gasteiger partial charge in [0.1, 0.15) is 11.6 Å². The molecule has 0 saturated heterocycles. The van der Waals surface area contributed by atoms with Crippen molar-refractivity contribution in [2.24, 2.45) is 0 Å². The molecule has 0 bridgehead atoms. The maximum Gasteiger partial charge on any atom is 0.126 e. The Morgan fingerprint density at radius 2 is 2.00 bits per heavy atom. The molecule has 2 nitrogen and oxygen atoms in total. The molecule has 1 unspecified atom stereocenters. The van der Waals surface area contributed by atoms with E-state index in [1.54, 1.807) is 20.1 Å². The molecule has 0 aliphatic carbocycles. The fraction of sp³-hybridized carbons (Fsp3) is 0.294. The molecule has 0 aromatic heterocycles. The average Bonchev–Trinajstić information content (AvgIpc) is 2.47. The second-order valence-corrected chi connectivity index (χ2v) is 5.98. The van der Waals surface area contributed by atoms with E-state index in [9.17, 15) is 4.39 Å². The minimum absolute atomic E-state index is 0.0591. The van der Waals surface area contributed by atoms with Gasteiger partial charge in [0.05, 0.1) is 7.11 Å². The summed E-state index contributed by atoms with van der Waals surface area (Å²) in [5.41, 5.74) is 2.66. The van der Waals surface area contributed by atoms with Crippen LogP contribution in [0.15, 0.2) is 40.9 Å². The minimum Gasteiger partial charge on any atom is -0.496 e. The van der Waals surface area contributed by atoms with Crippen LogP contribution in [0.3, 0.4) is 0 Å². The van der Waals surface area contributed by atoms with Crippen LogP contribution >= 0.6 is 15.9 Å². The molecule has 112 valence electrons. The van der Waals surface area contributed by atoms with Crippen LogP contribution in [-0.4, -0.2) is 7.11 Å². The topological polar surface area (TPSA) is 21.3 Å². The highest BCUT2D eigenvalue weighted by atomic mass is 79.9. The lowest BCUT2D eigenvalue weighted by Crippen LogP contribution is -2.18. The van der Waals surface area contributed by atoms with Crippen molar-refractivity contribution in [3.8, 4) is 5.75 Å². The van der Waals surface area contributed by atoms with Crippen molar-refractivity contribution in [3.63, 3.8) is 0 Å². The van der Waals surface area contributed by atoms with E-state index < -0.39 is 0 Å². The largest absolute Gasteiger partial charge is 0.496 e. The third-order valence-electron chi connectivity index (χ3n) is 3.54. The van der Waals surface area contributed by atoms with Gasteiger partial charge in [-0.05, 0) is 49.2 Å². The molecule has 4 heteroatoms. The van der Waals surface area contributed by atoms with Crippen molar-refractivity contribution in [2.75, 3.05) is 7.11 Å². The number of methoxy groups -OCH3 is 1. The third-order valence-corrected chi connectivity index (χ3v) is 4.03. The number of benzene rings is 2. The molecular formula is C17H19BrFNO. The number of ether oxygens (including phenoxy) is 1. The lowest BCUT2D eigenvalue weighted by Gasteiger charge is -2.16. The summed E-state index contributed by atoms with van der Waals surface area (Å²) in [7, 11) is 1.66. The number of hydrogen-bond acceptors (Lipinski definition) is 2. The van der Waals surface area contributed by atoms with E-state index >= 15 is 0 Å². The zero-order valence-corrected chi connectivity index (χ0v) is 14.0. The maximum absolute atomic E-state index is 13.6. The van der Waals surface area contributed by atoms with E-state index in [1.807, 2.05) is 37.3 Å². The number of hydrogen-bond donors (Lipinski definition) is 1. The van der Waals surface area contributed by atoms with Crippen molar-refractivity contribution in [1.82, 2.24) is 5.32 Å². The molecular weight excluding hydrogens is 333 g/mol. The molecule has 2 rings (SSSR count). The first-order chi connectivity index (χ1) is 10.0. The first-order valence-electron chi connectivity index (χ1n) is 6.83. The van der Waals surface area contributed by atoms with Crippen molar-refractivity contribution in [2.45, 2.75) is 26.4 Å². The summed E-state index contributed by atoms with van der Waals surface area (Å²) in [4.78, 5) is 0. The maximum atomic E-state index is 13.6. The summed E-state index contributed by atoms with van der Waals surface area (Å²) in [6.07, 6.45) is 0. The first-order valence-corrected chi connectivity index (χ1v) is 7.62. The molecule has 2 aromatic rings. The van der Waals surface area contributed by atoms with Crippen molar-refractivity contribution in [3.05, 3.63) is 63.4 Å². The Hall–Kier alpha value is -1.39. The van der Waals surface area contributed by atoms with Crippen LogP contribution in [-0.2, 0) is 6.54 Å². The summed E-state index contributed by atoms with van der Waals surface area (Å²) in [6, 6.07) is 11.3. The van der Waals surface area contributed by atoms with Gasteiger partial charge in [-0.2, -0.15) is 0 Å². The summed E-state index contributed by atoms with van der Waals surface area (Å²) in [5.74, 6) is 0.675. The summed E-state index contributed by atoms with van der Waals surface area (Å²) < 4.78 is 20.0. The van der Waals surface area contributed by atoms with Crippen LogP contribution in [0.2, 0.25) is 0 Å². The normalized spacial score (nSPS) is 12.2. The molecule has 0 amide bonds. The second-order valence-electron chi connectivity index (χ2n) is 5.07. The van der Waals surface area contributed by atoms with Crippen LogP contribution in [0.5, 0.6) is 5.75 Å². The molecule has 1 atom stereocenters. The zero-order chi connectivity index (χ0) is 15.4. The van der Waals surface area contributed by atoms with E-state index in [0.717, 1.165) is 21.3 Å². The standard InChI is InChI=1S/C17H19BrFNO/c1-11-4-5-13(9-16(11)19)12(2)20-10-14-8-15(18)6-7-17(14)21-3/h4-9,12,20H,10H2,1-3H3. The second kappa shape index (κ2) is 7.05. The molecule has 0 spiro atoms. The fourth-order valence-electron chi connectivity index (χ4n) is 2.14. The van der Waals surface area contributed by atoms with Crippen molar-refractivity contribution < 1.29 is 9.13 Å². The van der Waals surface area contributed by atoms with E-state index in [2.05, 4.69) is 21.2 Å². The number of aryl methyl sites for hydroxylation is 1. The van der Waals surface area contributed by atoms with Gasteiger partial charge in [0.2, 0.25) is 0 Å². The number of nitrogens with one attached hydrogen (secondary N) is 1. The number of halogens is 2. The smallest absolute Gasteiger partial charge is 0.126 e. The highest BCUT2D eigenvalue weighted by Crippen LogP contribution is 2.24. The summed E-state index contributed by atoms with van der Waals surface area (Å²) >= 11 is 3.46. The van der Waals surface area contributed by atoms with Crippen LogP contribution in [0.4, 0.5) is 4.39 Å². The van der Waals surface area contributed by atoms with Gasteiger partial charge >= 0.3 is 0 Å². The molecule has 2 aromatic carbocycles. The van der Waals surface area contributed by atoms with Gasteiger partial charge < -0.3 is 10.1 Å². The monoisotopic (exact) mass is 351 g/mol. The molecule has 0 heterocycles. The quantitative estimate of drug-likeness (QED) is 0.838. The van der Waals surface area contributed by atoms with Gasteiger partial charge in [-0.1, -0.05) is 28.1 Å². The van der Waals surface area contributed by atoms with E-state index in [1.165, 1.54) is 0 Å². The van der Waals surface area contributed by atoms with Gasteiger partial charge in [0.15, 0.2) is 0 Å². The van der Waals surface area contributed by atoms with Gasteiger partial charge in [-0.25, -0.2) is 4.39 Å². The first kappa shape index (κ1) is 16.0. The Morgan fingerprint density at radius 3 is 2.67 bits per heavy atom. The highest BCUT2D eigenvalue weighted by Gasteiger charge is 2.09. The Kier molecular flexibility index (Phi) is 5.37. The average molecular weight is 352 g/mol. The minimum atomic E-state index is -0.166. The fourth-order valence-corrected chi connectivity index (χ4v) is 2.55. The Balaban J connectivity index is 2.08. The van der Waals surface area contributed by atoms with Crippen LogP contribution in [0.1, 0.15) is 29.7 Å². The molecule has 0 radical (unpaired) electrons. The van der Waals surface area contributed by atoms with E-state index in [4.69, 9.17) is 4.74 Å². The zero-order valence-electron chi connectivity index (χ0n) is 12.4. The number of rotatable bonds is 5. The van der Waals surface area contributed by atoms with Gasteiger partial charge in [-0.3, -0.25) is 0 Å². The summed E-state index contributed by atoms with van der Waals surface area (Å²) in [5, 5.41) is 3.40. The lowest BCUT2D eigenvalue weighted by atomic mass is 10.1. The summed E-state index contributed by atoms with van der Waals surface area (Å²) in [6.45, 7) is 4.44.